The predicted octanol–water partition coefficient (Wildman–Crippen LogP) is 5.32. The lowest BCUT2D eigenvalue weighted by molar-refractivity contribution is -0.113. The van der Waals surface area contributed by atoms with Crippen LogP contribution in [0.5, 0.6) is 0 Å². The number of amides is 1. The highest BCUT2D eigenvalue weighted by atomic mass is 127. The summed E-state index contributed by atoms with van der Waals surface area (Å²) in [5.74, 6) is 0.437. The second-order valence-corrected chi connectivity index (χ2v) is 8.41. The van der Waals surface area contributed by atoms with E-state index in [0.29, 0.717) is 5.75 Å². The maximum Gasteiger partial charge on any atom is 0.234 e. The number of anilines is 1. The summed E-state index contributed by atoms with van der Waals surface area (Å²) in [6, 6.07) is 16.2. The van der Waals surface area contributed by atoms with Crippen LogP contribution in [-0.4, -0.2) is 11.7 Å². The fourth-order valence-electron chi connectivity index (χ4n) is 1.93. The molecule has 0 saturated heterocycles. The second kappa shape index (κ2) is 7.51. The minimum Gasteiger partial charge on any atom is -0.325 e. The van der Waals surface area contributed by atoms with E-state index >= 15 is 0 Å². The van der Waals surface area contributed by atoms with Gasteiger partial charge < -0.3 is 5.32 Å². The van der Waals surface area contributed by atoms with Gasteiger partial charge in [-0.3, -0.25) is 4.79 Å². The molecule has 2 nitrogen and oxygen atoms in total. The summed E-state index contributed by atoms with van der Waals surface area (Å²) in [5, 5.41) is 2.91. The minimum atomic E-state index is 0.0195. The molecular weight excluding hydrogens is 405 g/mol. The number of thioether (sulfide) groups is 1. The number of rotatable bonds is 4. The van der Waals surface area contributed by atoms with E-state index in [2.05, 4.69) is 72.9 Å². The van der Waals surface area contributed by atoms with Crippen molar-refractivity contribution in [2.75, 3.05) is 11.1 Å². The summed E-state index contributed by atoms with van der Waals surface area (Å²) < 4.78 is 1.16. The van der Waals surface area contributed by atoms with Crippen molar-refractivity contribution in [2.45, 2.75) is 31.1 Å². The molecule has 0 bridgehead atoms. The van der Waals surface area contributed by atoms with Crippen molar-refractivity contribution in [3.05, 3.63) is 57.7 Å². The van der Waals surface area contributed by atoms with Crippen molar-refractivity contribution < 1.29 is 4.79 Å². The Labute approximate surface area is 150 Å². The van der Waals surface area contributed by atoms with Crippen molar-refractivity contribution in [1.29, 1.82) is 0 Å². The number of carbonyl (C=O) groups excluding carboxylic acids is 1. The van der Waals surface area contributed by atoms with E-state index in [4.69, 9.17) is 0 Å². The molecule has 2 aromatic carbocycles. The van der Waals surface area contributed by atoms with Gasteiger partial charge in [-0.1, -0.05) is 32.9 Å². The smallest absolute Gasteiger partial charge is 0.234 e. The van der Waals surface area contributed by atoms with Crippen molar-refractivity contribution >= 4 is 45.9 Å². The first-order chi connectivity index (χ1) is 10.3. The van der Waals surface area contributed by atoms with E-state index in [1.807, 2.05) is 24.3 Å². The van der Waals surface area contributed by atoms with E-state index in [1.165, 1.54) is 5.56 Å². The van der Waals surface area contributed by atoms with Gasteiger partial charge >= 0.3 is 0 Å². The molecule has 0 aliphatic heterocycles. The Hall–Kier alpha value is -1.01. The highest BCUT2D eigenvalue weighted by Gasteiger charge is 2.13. The highest BCUT2D eigenvalue weighted by molar-refractivity contribution is 14.1. The lowest BCUT2D eigenvalue weighted by atomic mass is 9.87. The monoisotopic (exact) mass is 425 g/mol. The number of benzene rings is 2. The van der Waals surface area contributed by atoms with Gasteiger partial charge in [0.25, 0.3) is 0 Å². The number of hydrogen-bond acceptors (Lipinski definition) is 2. The standard InChI is InChI=1S/C18H20INOS/c1-18(2,3)13-4-10-16(11-5-13)22-12-17(21)20-15-8-6-14(19)7-9-15/h4-11H,12H2,1-3H3,(H,20,21). The SMILES string of the molecule is CC(C)(C)c1ccc(SCC(=O)Nc2ccc(I)cc2)cc1. The van der Waals surface area contributed by atoms with Crippen molar-refractivity contribution in [2.24, 2.45) is 0 Å². The molecule has 22 heavy (non-hydrogen) atoms. The van der Waals surface area contributed by atoms with Gasteiger partial charge in [0.1, 0.15) is 0 Å². The third-order valence-electron chi connectivity index (χ3n) is 3.22. The summed E-state index contributed by atoms with van der Waals surface area (Å²) in [6.45, 7) is 6.59. The molecule has 0 saturated carbocycles. The van der Waals surface area contributed by atoms with Gasteiger partial charge in [0.05, 0.1) is 5.75 Å². The van der Waals surface area contributed by atoms with Crippen molar-refractivity contribution in [1.82, 2.24) is 0 Å². The van der Waals surface area contributed by atoms with Crippen LogP contribution in [0.3, 0.4) is 0 Å². The van der Waals surface area contributed by atoms with Crippen LogP contribution in [-0.2, 0) is 10.2 Å². The topological polar surface area (TPSA) is 29.1 Å². The van der Waals surface area contributed by atoms with Crippen LogP contribution in [0.15, 0.2) is 53.4 Å². The Morgan fingerprint density at radius 1 is 1.05 bits per heavy atom. The second-order valence-electron chi connectivity index (χ2n) is 6.12. The molecule has 2 aromatic rings. The Bertz CT molecular complexity index is 630. The van der Waals surface area contributed by atoms with Gasteiger partial charge in [0.15, 0.2) is 0 Å². The first kappa shape index (κ1) is 17.3. The zero-order chi connectivity index (χ0) is 16.2. The molecule has 0 aliphatic carbocycles. The van der Waals surface area contributed by atoms with Crippen LogP contribution in [0.4, 0.5) is 5.69 Å². The van der Waals surface area contributed by atoms with Gasteiger partial charge in [0, 0.05) is 14.2 Å². The zero-order valence-electron chi connectivity index (χ0n) is 13.0. The molecule has 0 heterocycles. The van der Waals surface area contributed by atoms with E-state index in [9.17, 15) is 4.79 Å². The van der Waals surface area contributed by atoms with Gasteiger partial charge in [0.2, 0.25) is 5.91 Å². The van der Waals surface area contributed by atoms with Crippen molar-refractivity contribution in [3.8, 4) is 0 Å². The number of nitrogens with one attached hydrogen (secondary N) is 1. The van der Waals surface area contributed by atoms with Crippen molar-refractivity contribution in [3.63, 3.8) is 0 Å². The molecule has 0 aromatic heterocycles. The van der Waals surface area contributed by atoms with E-state index in [0.717, 1.165) is 14.2 Å². The number of hydrogen-bond donors (Lipinski definition) is 1. The summed E-state index contributed by atoms with van der Waals surface area (Å²) in [5.41, 5.74) is 2.31. The van der Waals surface area contributed by atoms with Crippen LogP contribution in [0.1, 0.15) is 26.3 Å². The first-order valence-corrected chi connectivity index (χ1v) is 9.20. The lowest BCUT2D eigenvalue weighted by Crippen LogP contribution is -2.14. The Balaban J connectivity index is 1.87. The van der Waals surface area contributed by atoms with E-state index in [-0.39, 0.29) is 11.3 Å². The molecule has 4 heteroatoms. The number of halogens is 1. The van der Waals surface area contributed by atoms with Gasteiger partial charge in [-0.15, -0.1) is 11.8 Å². The first-order valence-electron chi connectivity index (χ1n) is 7.13. The molecule has 0 atom stereocenters. The van der Waals surface area contributed by atoms with E-state index < -0.39 is 0 Å². The van der Waals surface area contributed by atoms with Gasteiger partial charge in [-0.25, -0.2) is 0 Å². The molecule has 2 rings (SSSR count). The van der Waals surface area contributed by atoms with Gasteiger partial charge in [-0.05, 0) is 70.0 Å². The molecule has 0 fully saturated rings. The molecular formula is C18H20INOS. The maximum atomic E-state index is 12.0. The Morgan fingerprint density at radius 2 is 1.64 bits per heavy atom. The lowest BCUT2D eigenvalue weighted by Gasteiger charge is -2.19. The third kappa shape index (κ3) is 5.32. The molecule has 0 aliphatic rings. The molecule has 0 spiro atoms. The van der Waals surface area contributed by atoms with Crippen LogP contribution >= 0.6 is 34.4 Å². The fraction of sp³-hybridized carbons (Fsp3) is 0.278. The van der Waals surface area contributed by atoms with Crippen LogP contribution in [0.2, 0.25) is 0 Å². The summed E-state index contributed by atoms with van der Waals surface area (Å²) in [7, 11) is 0. The highest BCUT2D eigenvalue weighted by Crippen LogP contribution is 2.25. The molecule has 1 N–H and O–H groups in total. The van der Waals surface area contributed by atoms with E-state index in [1.54, 1.807) is 11.8 Å². The Kier molecular flexibility index (Phi) is 5.92. The molecule has 1 amide bonds. The maximum absolute atomic E-state index is 12.0. The number of carbonyl (C=O) groups is 1. The zero-order valence-corrected chi connectivity index (χ0v) is 16.0. The normalized spacial score (nSPS) is 11.3. The molecule has 116 valence electrons. The quantitative estimate of drug-likeness (QED) is 0.531. The summed E-state index contributed by atoms with van der Waals surface area (Å²) >= 11 is 3.80. The van der Waals surface area contributed by atoms with Crippen LogP contribution in [0, 0.1) is 3.57 Å². The van der Waals surface area contributed by atoms with Crippen LogP contribution in [0.25, 0.3) is 0 Å². The Morgan fingerprint density at radius 3 is 2.18 bits per heavy atom. The van der Waals surface area contributed by atoms with Crippen LogP contribution < -0.4 is 5.32 Å². The average Bonchev–Trinajstić information content (AvgIpc) is 2.47. The average molecular weight is 425 g/mol. The molecule has 0 unspecified atom stereocenters. The van der Waals surface area contributed by atoms with Gasteiger partial charge in [-0.2, -0.15) is 0 Å². The predicted molar refractivity (Wildman–Crippen MR) is 104 cm³/mol. The molecule has 0 radical (unpaired) electrons. The third-order valence-corrected chi connectivity index (χ3v) is 4.95. The largest absolute Gasteiger partial charge is 0.325 e. The summed E-state index contributed by atoms with van der Waals surface area (Å²) in [6.07, 6.45) is 0. The summed E-state index contributed by atoms with van der Waals surface area (Å²) in [4.78, 5) is 13.1. The fourth-order valence-corrected chi connectivity index (χ4v) is 2.99. The minimum absolute atomic E-state index is 0.0195.